The van der Waals surface area contributed by atoms with Gasteiger partial charge in [0.05, 0.1) is 22.3 Å². The SMILES string of the molecule is Cc1c(C(=O)NCCC(C)(C)C(=O)O)cc(-c2ccc([S+]([O-])NC(C)C(F)(F)F)c(C(F)(F)F)c2)n1CC1CCCCC1. The summed E-state index contributed by atoms with van der Waals surface area (Å²) in [4.78, 5) is 23.7. The summed E-state index contributed by atoms with van der Waals surface area (Å²) in [6.45, 7) is 5.90. The molecule has 1 heterocycles. The first-order valence-corrected chi connectivity index (χ1v) is 15.2. The lowest BCUT2D eigenvalue weighted by Gasteiger charge is -2.25. The predicted molar refractivity (Wildman–Crippen MR) is 150 cm³/mol. The van der Waals surface area contributed by atoms with Crippen LogP contribution in [0.5, 0.6) is 0 Å². The van der Waals surface area contributed by atoms with Crippen molar-refractivity contribution in [3.63, 3.8) is 0 Å². The molecule has 43 heavy (non-hydrogen) atoms. The third kappa shape index (κ3) is 8.69. The topological polar surface area (TPSA) is 106 Å². The van der Waals surface area contributed by atoms with Crippen molar-refractivity contribution < 1.29 is 45.6 Å². The monoisotopic (exact) mass is 637 g/mol. The van der Waals surface area contributed by atoms with Gasteiger partial charge in [-0.25, -0.2) is 0 Å². The number of carbonyl (C=O) groups is 2. The van der Waals surface area contributed by atoms with Crippen molar-refractivity contribution in [1.82, 2.24) is 14.6 Å². The van der Waals surface area contributed by atoms with Crippen molar-refractivity contribution in [3.8, 4) is 11.3 Å². The number of carbonyl (C=O) groups excluding carboxylic acids is 1. The number of carboxylic acid groups (broad SMARTS) is 1. The van der Waals surface area contributed by atoms with Crippen LogP contribution in [-0.2, 0) is 28.9 Å². The molecule has 0 aliphatic heterocycles. The van der Waals surface area contributed by atoms with Crippen LogP contribution in [0, 0.1) is 18.3 Å². The standard InChI is InChI=1S/C29H37F6N3O4S/c1-17-21(25(39)36-13-12-27(3,4)26(40)41)15-23(38(17)16-19-8-6-5-7-9-19)20-10-11-24(22(14-20)29(33,34)35)43(42)37-18(2)28(30,31)32/h10-11,14-15,18-19,37H,5-9,12-13,16H2,1-4H3,(H,36,39)(H,40,41). The van der Waals surface area contributed by atoms with Crippen LogP contribution in [0.2, 0.25) is 0 Å². The molecule has 2 unspecified atom stereocenters. The number of amides is 1. The highest BCUT2D eigenvalue weighted by atomic mass is 32.2. The van der Waals surface area contributed by atoms with Crippen LogP contribution in [-0.4, -0.2) is 44.9 Å². The Hall–Kier alpha value is -2.71. The summed E-state index contributed by atoms with van der Waals surface area (Å²) in [7, 11) is 0. The highest BCUT2D eigenvalue weighted by molar-refractivity contribution is 7.89. The number of halogens is 6. The van der Waals surface area contributed by atoms with Gasteiger partial charge in [-0.1, -0.05) is 19.3 Å². The van der Waals surface area contributed by atoms with E-state index in [4.69, 9.17) is 0 Å². The molecule has 240 valence electrons. The number of aliphatic carboxylic acids is 1. The minimum Gasteiger partial charge on any atom is -0.593 e. The summed E-state index contributed by atoms with van der Waals surface area (Å²) in [6, 6.07) is 2.05. The molecule has 2 aromatic rings. The van der Waals surface area contributed by atoms with Gasteiger partial charge in [0.1, 0.15) is 11.6 Å². The normalized spacial score (nSPS) is 16.6. The third-order valence-electron chi connectivity index (χ3n) is 7.95. The molecule has 1 fully saturated rings. The van der Waals surface area contributed by atoms with Crippen LogP contribution in [0.1, 0.15) is 80.9 Å². The molecule has 0 radical (unpaired) electrons. The second-order valence-corrected chi connectivity index (χ2v) is 12.9. The molecular weight excluding hydrogens is 600 g/mol. The average molecular weight is 638 g/mol. The van der Waals surface area contributed by atoms with Crippen molar-refractivity contribution >= 4 is 23.2 Å². The zero-order chi connectivity index (χ0) is 32.3. The Balaban J connectivity index is 2.02. The van der Waals surface area contributed by atoms with E-state index < -0.39 is 57.5 Å². The molecule has 1 aliphatic carbocycles. The van der Waals surface area contributed by atoms with E-state index in [9.17, 15) is 45.6 Å². The molecule has 3 rings (SSSR count). The molecule has 1 aromatic carbocycles. The number of carboxylic acids is 1. The molecule has 1 saturated carbocycles. The molecule has 3 N–H and O–H groups in total. The van der Waals surface area contributed by atoms with Crippen molar-refractivity contribution in [2.24, 2.45) is 11.3 Å². The van der Waals surface area contributed by atoms with E-state index in [0.29, 0.717) is 24.9 Å². The van der Waals surface area contributed by atoms with Gasteiger partial charge in [0.15, 0.2) is 4.90 Å². The molecule has 0 bridgehead atoms. The number of benzene rings is 1. The Bertz CT molecular complexity index is 1300. The maximum absolute atomic E-state index is 14.2. The quantitative estimate of drug-likeness (QED) is 0.185. The molecule has 2 atom stereocenters. The van der Waals surface area contributed by atoms with E-state index >= 15 is 0 Å². The lowest BCUT2D eigenvalue weighted by Crippen LogP contribution is -2.43. The van der Waals surface area contributed by atoms with E-state index in [-0.39, 0.29) is 30.0 Å². The number of alkyl halides is 6. The number of rotatable bonds is 11. The molecule has 1 aliphatic rings. The summed E-state index contributed by atoms with van der Waals surface area (Å²) < 4.78 is 97.5. The maximum Gasteiger partial charge on any atom is 0.421 e. The lowest BCUT2D eigenvalue weighted by atomic mass is 9.89. The van der Waals surface area contributed by atoms with Gasteiger partial charge >= 0.3 is 18.3 Å². The van der Waals surface area contributed by atoms with Gasteiger partial charge in [-0.3, -0.25) is 9.59 Å². The number of hydrogen-bond acceptors (Lipinski definition) is 4. The maximum atomic E-state index is 14.2. The Morgan fingerprint density at radius 3 is 2.28 bits per heavy atom. The van der Waals surface area contributed by atoms with E-state index in [1.807, 2.05) is 0 Å². The second kappa shape index (κ2) is 13.5. The van der Waals surface area contributed by atoms with Crippen LogP contribution in [0.15, 0.2) is 29.2 Å². The molecular formula is C29H37F6N3O4S. The Morgan fingerprint density at radius 2 is 1.72 bits per heavy atom. The zero-order valence-corrected chi connectivity index (χ0v) is 25.2. The van der Waals surface area contributed by atoms with Crippen molar-refractivity contribution in [3.05, 3.63) is 41.1 Å². The highest BCUT2D eigenvalue weighted by Crippen LogP contribution is 2.39. The Kier molecular flexibility index (Phi) is 10.9. The minimum atomic E-state index is -5.03. The van der Waals surface area contributed by atoms with Gasteiger partial charge in [-0.15, -0.1) is 4.72 Å². The smallest absolute Gasteiger partial charge is 0.421 e. The summed E-state index contributed by atoms with van der Waals surface area (Å²) in [5, 5.41) is 12.0. The first-order chi connectivity index (χ1) is 19.8. The Morgan fingerprint density at radius 1 is 1.09 bits per heavy atom. The van der Waals surface area contributed by atoms with Crippen LogP contribution >= 0.6 is 0 Å². The average Bonchev–Trinajstić information content (AvgIpc) is 3.23. The van der Waals surface area contributed by atoms with Gasteiger partial charge in [-0.2, -0.15) is 26.3 Å². The van der Waals surface area contributed by atoms with Crippen LogP contribution in [0.3, 0.4) is 0 Å². The molecule has 0 saturated heterocycles. The first kappa shape index (κ1) is 34.8. The summed E-state index contributed by atoms with van der Waals surface area (Å²) in [5.41, 5.74) is -1.35. The molecule has 0 spiro atoms. The van der Waals surface area contributed by atoms with Gasteiger partial charge in [0, 0.05) is 24.5 Å². The Labute approximate surface area is 249 Å². The van der Waals surface area contributed by atoms with E-state index in [0.717, 1.165) is 44.2 Å². The number of nitrogens with one attached hydrogen (secondary N) is 2. The molecule has 1 amide bonds. The minimum absolute atomic E-state index is 0.0573. The number of hydrogen-bond donors (Lipinski definition) is 3. The third-order valence-corrected chi connectivity index (χ3v) is 9.27. The van der Waals surface area contributed by atoms with Crippen molar-refractivity contribution in [1.29, 1.82) is 0 Å². The van der Waals surface area contributed by atoms with Gasteiger partial charge in [0.25, 0.3) is 5.91 Å². The van der Waals surface area contributed by atoms with Gasteiger partial charge < -0.3 is 19.5 Å². The van der Waals surface area contributed by atoms with Crippen LogP contribution in [0.4, 0.5) is 26.3 Å². The second-order valence-electron chi connectivity index (χ2n) is 11.7. The summed E-state index contributed by atoms with van der Waals surface area (Å²) in [6.07, 6.45) is -4.76. The van der Waals surface area contributed by atoms with E-state index in [1.165, 1.54) is 26.0 Å². The largest absolute Gasteiger partial charge is 0.593 e. The highest BCUT2D eigenvalue weighted by Gasteiger charge is 2.43. The van der Waals surface area contributed by atoms with Crippen molar-refractivity contribution in [2.75, 3.05) is 6.54 Å². The number of nitrogens with zero attached hydrogens (tertiary/aromatic N) is 1. The molecule has 1 aromatic heterocycles. The summed E-state index contributed by atoms with van der Waals surface area (Å²) >= 11 is -2.82. The molecule has 7 nitrogen and oxygen atoms in total. The lowest BCUT2D eigenvalue weighted by molar-refractivity contribution is -0.147. The zero-order valence-electron chi connectivity index (χ0n) is 24.4. The van der Waals surface area contributed by atoms with E-state index in [1.54, 1.807) is 16.2 Å². The van der Waals surface area contributed by atoms with Crippen LogP contribution in [0.25, 0.3) is 11.3 Å². The number of aromatic nitrogens is 1. The van der Waals surface area contributed by atoms with Crippen LogP contribution < -0.4 is 10.0 Å². The fourth-order valence-electron chi connectivity index (χ4n) is 5.03. The predicted octanol–water partition coefficient (Wildman–Crippen LogP) is 6.86. The molecule has 14 heteroatoms. The van der Waals surface area contributed by atoms with Gasteiger partial charge in [-0.05, 0) is 82.7 Å². The van der Waals surface area contributed by atoms with E-state index in [2.05, 4.69) is 5.32 Å². The van der Waals surface area contributed by atoms with Crippen molar-refractivity contribution in [2.45, 2.75) is 96.1 Å². The fourth-order valence-corrected chi connectivity index (χ4v) is 6.18. The summed E-state index contributed by atoms with van der Waals surface area (Å²) in [5.74, 6) is -1.30. The fraction of sp³-hybridized carbons (Fsp3) is 0.586. The first-order valence-electron chi connectivity index (χ1n) is 14.0. The van der Waals surface area contributed by atoms with Gasteiger partial charge in [0.2, 0.25) is 0 Å².